The van der Waals surface area contributed by atoms with Crippen LogP contribution >= 0.6 is 11.8 Å². The van der Waals surface area contributed by atoms with Gasteiger partial charge in [-0.1, -0.05) is 36.4 Å². The minimum atomic E-state index is 0.418. The van der Waals surface area contributed by atoms with Crippen molar-refractivity contribution in [3.63, 3.8) is 0 Å². The fourth-order valence-electron chi connectivity index (χ4n) is 1.76. The number of aryl methyl sites for hydroxylation is 1. The van der Waals surface area contributed by atoms with Crippen LogP contribution in [-0.2, 0) is 0 Å². The monoisotopic (exact) mass is 243 g/mol. The molecule has 2 N–H and O–H groups in total. The number of rotatable bonds is 3. The Labute approximate surface area is 107 Å². The molecule has 0 aliphatic heterocycles. The lowest BCUT2D eigenvalue weighted by Crippen LogP contribution is -1.92. The predicted molar refractivity (Wildman–Crippen MR) is 76.3 cm³/mol. The molecule has 0 saturated carbocycles. The van der Waals surface area contributed by atoms with Gasteiger partial charge in [0.1, 0.15) is 0 Å². The molecular weight excluding hydrogens is 226 g/mol. The zero-order chi connectivity index (χ0) is 12.3. The molecule has 2 rings (SSSR count). The first-order chi connectivity index (χ1) is 8.16. The molecule has 0 radical (unpaired) electrons. The van der Waals surface area contributed by atoms with E-state index >= 15 is 0 Å². The summed E-state index contributed by atoms with van der Waals surface area (Å²) in [7, 11) is 0. The van der Waals surface area contributed by atoms with Crippen LogP contribution in [0, 0.1) is 6.92 Å². The molecule has 0 amide bonds. The van der Waals surface area contributed by atoms with Crippen molar-refractivity contribution < 1.29 is 0 Å². The molecule has 17 heavy (non-hydrogen) atoms. The van der Waals surface area contributed by atoms with Crippen molar-refractivity contribution in [1.29, 1.82) is 0 Å². The SMILES string of the molecule is Cc1ccc(SC(C)c2ccccc2)c(N)c1. The lowest BCUT2D eigenvalue weighted by atomic mass is 10.2. The molecule has 0 spiro atoms. The van der Waals surface area contributed by atoms with Crippen LogP contribution in [0.2, 0.25) is 0 Å². The van der Waals surface area contributed by atoms with Crippen LogP contribution in [0.5, 0.6) is 0 Å². The summed E-state index contributed by atoms with van der Waals surface area (Å²) < 4.78 is 0. The average molecular weight is 243 g/mol. The third-order valence-electron chi connectivity index (χ3n) is 2.74. The van der Waals surface area contributed by atoms with Crippen LogP contribution < -0.4 is 5.73 Å². The first-order valence-corrected chi connectivity index (χ1v) is 6.62. The summed E-state index contributed by atoms with van der Waals surface area (Å²) in [5, 5.41) is 0.418. The van der Waals surface area contributed by atoms with Crippen LogP contribution in [0.15, 0.2) is 53.4 Å². The van der Waals surface area contributed by atoms with Crippen molar-refractivity contribution in [3.05, 3.63) is 59.7 Å². The van der Waals surface area contributed by atoms with E-state index in [4.69, 9.17) is 5.73 Å². The Morgan fingerprint density at radius 3 is 2.41 bits per heavy atom. The van der Waals surface area contributed by atoms with E-state index in [9.17, 15) is 0 Å². The molecule has 2 aromatic rings. The molecule has 1 atom stereocenters. The average Bonchev–Trinajstić information content (AvgIpc) is 2.34. The number of nitrogens with two attached hydrogens (primary N) is 1. The van der Waals surface area contributed by atoms with E-state index < -0.39 is 0 Å². The third-order valence-corrected chi connectivity index (χ3v) is 3.99. The molecule has 0 saturated heterocycles. The zero-order valence-corrected chi connectivity index (χ0v) is 11.0. The van der Waals surface area contributed by atoms with E-state index in [1.165, 1.54) is 11.1 Å². The number of anilines is 1. The lowest BCUT2D eigenvalue weighted by Gasteiger charge is -2.13. The van der Waals surface area contributed by atoms with Crippen LogP contribution in [0.1, 0.15) is 23.3 Å². The summed E-state index contributed by atoms with van der Waals surface area (Å²) in [4.78, 5) is 1.16. The zero-order valence-electron chi connectivity index (χ0n) is 10.2. The molecule has 1 unspecified atom stereocenters. The predicted octanol–water partition coefficient (Wildman–Crippen LogP) is 4.43. The highest BCUT2D eigenvalue weighted by Crippen LogP contribution is 2.37. The van der Waals surface area contributed by atoms with Gasteiger partial charge in [-0.2, -0.15) is 0 Å². The molecule has 0 bridgehead atoms. The van der Waals surface area contributed by atoms with E-state index in [-0.39, 0.29) is 0 Å². The molecule has 2 aromatic carbocycles. The van der Waals surface area contributed by atoms with Crippen molar-refractivity contribution in [1.82, 2.24) is 0 Å². The van der Waals surface area contributed by atoms with Crippen molar-refractivity contribution in [3.8, 4) is 0 Å². The second-order valence-corrected chi connectivity index (χ2v) is 5.59. The first-order valence-electron chi connectivity index (χ1n) is 5.74. The molecule has 0 aromatic heterocycles. The first kappa shape index (κ1) is 12.1. The van der Waals surface area contributed by atoms with Crippen molar-refractivity contribution >= 4 is 17.4 Å². The lowest BCUT2D eigenvalue weighted by molar-refractivity contribution is 1.10. The summed E-state index contributed by atoms with van der Waals surface area (Å²) in [6.45, 7) is 4.27. The Hall–Kier alpha value is -1.41. The van der Waals surface area contributed by atoms with E-state index in [0.717, 1.165) is 10.6 Å². The molecule has 2 heteroatoms. The molecular formula is C15H17NS. The topological polar surface area (TPSA) is 26.0 Å². The van der Waals surface area contributed by atoms with Crippen LogP contribution in [0.3, 0.4) is 0 Å². The number of hydrogen-bond donors (Lipinski definition) is 1. The highest BCUT2D eigenvalue weighted by Gasteiger charge is 2.08. The van der Waals surface area contributed by atoms with Crippen LogP contribution in [0.25, 0.3) is 0 Å². The Balaban J connectivity index is 2.16. The standard InChI is InChI=1S/C15H17NS/c1-11-8-9-15(14(16)10-11)17-12(2)13-6-4-3-5-7-13/h3-10,12H,16H2,1-2H3. The van der Waals surface area contributed by atoms with Gasteiger partial charge in [-0.3, -0.25) is 0 Å². The van der Waals surface area contributed by atoms with Gasteiger partial charge < -0.3 is 5.73 Å². The highest BCUT2D eigenvalue weighted by atomic mass is 32.2. The quantitative estimate of drug-likeness (QED) is 0.637. The number of benzene rings is 2. The van der Waals surface area contributed by atoms with Crippen molar-refractivity contribution in [2.75, 3.05) is 5.73 Å². The van der Waals surface area contributed by atoms with Gasteiger partial charge in [0.2, 0.25) is 0 Å². The fraction of sp³-hybridized carbons (Fsp3) is 0.200. The van der Waals surface area contributed by atoms with Gasteiger partial charge in [0, 0.05) is 15.8 Å². The van der Waals surface area contributed by atoms with Gasteiger partial charge in [-0.15, -0.1) is 11.8 Å². The molecule has 88 valence electrons. The van der Waals surface area contributed by atoms with Gasteiger partial charge >= 0.3 is 0 Å². The summed E-state index contributed by atoms with van der Waals surface area (Å²) in [6, 6.07) is 16.7. The maximum atomic E-state index is 6.03. The van der Waals surface area contributed by atoms with Crippen LogP contribution in [0.4, 0.5) is 5.69 Å². The third kappa shape index (κ3) is 3.04. The van der Waals surface area contributed by atoms with Crippen molar-refractivity contribution in [2.24, 2.45) is 0 Å². The second-order valence-electron chi connectivity index (χ2n) is 4.21. The van der Waals surface area contributed by atoms with E-state index in [1.54, 1.807) is 11.8 Å². The Kier molecular flexibility index (Phi) is 3.75. The van der Waals surface area contributed by atoms with Gasteiger partial charge in [-0.05, 0) is 37.1 Å². The molecule has 1 nitrogen and oxygen atoms in total. The molecule has 0 aliphatic carbocycles. The highest BCUT2D eigenvalue weighted by molar-refractivity contribution is 7.99. The number of nitrogen functional groups attached to an aromatic ring is 1. The van der Waals surface area contributed by atoms with E-state index in [2.05, 4.69) is 50.2 Å². The largest absolute Gasteiger partial charge is 0.398 e. The summed E-state index contributed by atoms with van der Waals surface area (Å²) in [5.74, 6) is 0. The van der Waals surface area contributed by atoms with Crippen LogP contribution in [-0.4, -0.2) is 0 Å². The van der Waals surface area contributed by atoms with Gasteiger partial charge in [0.05, 0.1) is 0 Å². The van der Waals surface area contributed by atoms with Gasteiger partial charge in [-0.25, -0.2) is 0 Å². The Bertz CT molecular complexity index is 494. The summed E-state index contributed by atoms with van der Waals surface area (Å²) in [6.07, 6.45) is 0. The van der Waals surface area contributed by atoms with E-state index in [1.807, 2.05) is 12.1 Å². The summed E-state index contributed by atoms with van der Waals surface area (Å²) >= 11 is 1.81. The molecule has 0 heterocycles. The molecule has 0 fully saturated rings. The summed E-state index contributed by atoms with van der Waals surface area (Å²) in [5.41, 5.74) is 9.44. The van der Waals surface area contributed by atoms with E-state index in [0.29, 0.717) is 5.25 Å². The number of hydrogen-bond acceptors (Lipinski definition) is 2. The smallest absolute Gasteiger partial charge is 0.0455 e. The number of thioether (sulfide) groups is 1. The van der Waals surface area contributed by atoms with Gasteiger partial charge in [0.15, 0.2) is 0 Å². The normalized spacial score (nSPS) is 12.4. The molecule has 0 aliphatic rings. The minimum Gasteiger partial charge on any atom is -0.398 e. The minimum absolute atomic E-state index is 0.418. The Morgan fingerprint density at radius 1 is 1.06 bits per heavy atom. The second kappa shape index (κ2) is 5.28. The maximum Gasteiger partial charge on any atom is 0.0455 e. The fourth-order valence-corrected chi connectivity index (χ4v) is 2.77. The Morgan fingerprint density at radius 2 is 1.76 bits per heavy atom. The van der Waals surface area contributed by atoms with Crippen molar-refractivity contribution in [2.45, 2.75) is 24.0 Å². The maximum absolute atomic E-state index is 6.03. The van der Waals surface area contributed by atoms with Gasteiger partial charge in [0.25, 0.3) is 0 Å².